The van der Waals surface area contributed by atoms with E-state index in [0.29, 0.717) is 18.3 Å². The summed E-state index contributed by atoms with van der Waals surface area (Å²) in [6, 6.07) is 1.49. The van der Waals surface area contributed by atoms with Crippen LogP contribution in [0.5, 0.6) is 11.5 Å². The summed E-state index contributed by atoms with van der Waals surface area (Å²) in [5, 5.41) is 0. The third-order valence-electron chi connectivity index (χ3n) is 6.85. The lowest BCUT2D eigenvalue weighted by Gasteiger charge is -2.28. The molecule has 1 saturated carbocycles. The van der Waals surface area contributed by atoms with Crippen LogP contribution in [0.4, 0.5) is 39.5 Å². The molecule has 0 bridgehead atoms. The van der Waals surface area contributed by atoms with Crippen LogP contribution in [0.2, 0.25) is 0 Å². The van der Waals surface area contributed by atoms with Gasteiger partial charge in [0.1, 0.15) is 22.9 Å². The smallest absolute Gasteiger partial charge is 0.429 e. The monoisotopic (exact) mass is 556 g/mol. The zero-order valence-electron chi connectivity index (χ0n) is 20.8. The van der Waals surface area contributed by atoms with Crippen molar-refractivity contribution in [1.29, 1.82) is 0 Å². The van der Waals surface area contributed by atoms with E-state index in [2.05, 4.69) is 16.4 Å². The molecule has 0 aromatic heterocycles. The topological polar surface area (TPSA) is 18.5 Å². The molecule has 0 N–H and O–H groups in total. The molecular formula is C27H29F9O2. The number of ether oxygens (including phenoxy) is 2. The number of aryl methyl sites for hydroxylation is 1. The van der Waals surface area contributed by atoms with Gasteiger partial charge in [0.15, 0.2) is 11.6 Å². The van der Waals surface area contributed by atoms with E-state index in [1.165, 1.54) is 25.7 Å². The predicted octanol–water partition coefficient (Wildman–Crippen LogP) is 9.59. The van der Waals surface area contributed by atoms with Crippen LogP contribution in [-0.4, -0.2) is 6.36 Å². The molecule has 0 radical (unpaired) electrons. The molecule has 0 heterocycles. The minimum absolute atomic E-state index is 0.0131. The van der Waals surface area contributed by atoms with Crippen LogP contribution in [0.15, 0.2) is 24.3 Å². The summed E-state index contributed by atoms with van der Waals surface area (Å²) in [4.78, 5) is 0. The number of hydrogen-bond acceptors (Lipinski definition) is 2. The number of rotatable bonds is 11. The number of halogens is 9. The van der Waals surface area contributed by atoms with Crippen LogP contribution in [0.1, 0.15) is 75.8 Å². The van der Waals surface area contributed by atoms with Gasteiger partial charge in [0.2, 0.25) is 5.75 Å². The minimum Gasteiger partial charge on any atom is -0.429 e. The molecule has 38 heavy (non-hydrogen) atoms. The summed E-state index contributed by atoms with van der Waals surface area (Å²) >= 11 is 0. The maximum Gasteiger partial charge on any atom is 0.573 e. The first-order chi connectivity index (χ1) is 17.8. The number of unbranched alkanes of at least 4 members (excludes halogenated alkanes) is 2. The molecule has 0 saturated heterocycles. The highest BCUT2D eigenvalue weighted by Gasteiger charge is 2.42. The normalized spacial score (nSPS) is 18.5. The lowest BCUT2D eigenvalue weighted by molar-refractivity contribution is -0.276. The van der Waals surface area contributed by atoms with Gasteiger partial charge in [0, 0.05) is 12.1 Å². The molecule has 212 valence electrons. The lowest BCUT2D eigenvalue weighted by atomic mass is 9.78. The van der Waals surface area contributed by atoms with Crippen LogP contribution in [0.3, 0.4) is 0 Å². The van der Waals surface area contributed by atoms with Gasteiger partial charge in [-0.15, -0.1) is 13.2 Å². The van der Waals surface area contributed by atoms with Crippen molar-refractivity contribution >= 4 is 0 Å². The van der Waals surface area contributed by atoms with Gasteiger partial charge in [-0.05, 0) is 42.4 Å². The van der Waals surface area contributed by atoms with Crippen LogP contribution in [-0.2, 0) is 12.5 Å². The Kier molecular flexibility index (Phi) is 9.86. The zero-order valence-corrected chi connectivity index (χ0v) is 20.8. The van der Waals surface area contributed by atoms with Crippen molar-refractivity contribution < 1.29 is 49.0 Å². The fourth-order valence-corrected chi connectivity index (χ4v) is 4.92. The van der Waals surface area contributed by atoms with Crippen molar-refractivity contribution in [3.63, 3.8) is 0 Å². The van der Waals surface area contributed by atoms with E-state index in [4.69, 9.17) is 0 Å². The molecule has 2 nitrogen and oxygen atoms in total. The van der Waals surface area contributed by atoms with E-state index in [1.54, 1.807) is 0 Å². The van der Waals surface area contributed by atoms with Crippen molar-refractivity contribution in [1.82, 2.24) is 0 Å². The van der Waals surface area contributed by atoms with Gasteiger partial charge < -0.3 is 9.47 Å². The summed E-state index contributed by atoms with van der Waals surface area (Å²) < 4.78 is 130. The van der Waals surface area contributed by atoms with Crippen LogP contribution in [0, 0.1) is 35.1 Å². The highest BCUT2D eigenvalue weighted by molar-refractivity contribution is 5.36. The Morgan fingerprint density at radius 3 is 1.74 bits per heavy atom. The van der Waals surface area contributed by atoms with Crippen molar-refractivity contribution in [3.8, 4) is 11.5 Å². The second-order valence-electron chi connectivity index (χ2n) is 9.74. The van der Waals surface area contributed by atoms with E-state index < -0.39 is 52.8 Å². The average molecular weight is 557 g/mol. The van der Waals surface area contributed by atoms with Crippen LogP contribution >= 0.6 is 0 Å². The summed E-state index contributed by atoms with van der Waals surface area (Å²) in [7, 11) is 0. The zero-order chi connectivity index (χ0) is 28.1. The van der Waals surface area contributed by atoms with E-state index in [-0.39, 0.29) is 24.1 Å². The van der Waals surface area contributed by atoms with Crippen molar-refractivity contribution in [2.45, 2.75) is 83.6 Å². The van der Waals surface area contributed by atoms with Crippen molar-refractivity contribution in [2.75, 3.05) is 0 Å². The molecule has 0 aliphatic heterocycles. The van der Waals surface area contributed by atoms with E-state index in [1.807, 2.05) is 0 Å². The van der Waals surface area contributed by atoms with Crippen molar-refractivity contribution in [2.24, 2.45) is 11.8 Å². The maximum atomic E-state index is 14.6. The number of benzene rings is 2. The largest absolute Gasteiger partial charge is 0.573 e. The Morgan fingerprint density at radius 2 is 1.24 bits per heavy atom. The Balaban J connectivity index is 1.64. The van der Waals surface area contributed by atoms with Gasteiger partial charge in [-0.1, -0.05) is 58.3 Å². The number of alkyl halides is 5. The van der Waals surface area contributed by atoms with E-state index in [9.17, 15) is 39.5 Å². The van der Waals surface area contributed by atoms with Gasteiger partial charge >= 0.3 is 12.5 Å². The Hall–Kier alpha value is -2.59. The molecule has 1 aliphatic carbocycles. The quantitative estimate of drug-likeness (QED) is 0.203. The summed E-state index contributed by atoms with van der Waals surface area (Å²) in [6.07, 6.45) is -0.222. The highest BCUT2D eigenvalue weighted by atomic mass is 19.4. The lowest BCUT2D eigenvalue weighted by Crippen LogP contribution is -2.26. The molecule has 1 fully saturated rings. The van der Waals surface area contributed by atoms with Gasteiger partial charge in [-0.25, -0.2) is 17.6 Å². The first-order valence-electron chi connectivity index (χ1n) is 12.6. The van der Waals surface area contributed by atoms with E-state index >= 15 is 0 Å². The Labute approximate surface area is 215 Å². The summed E-state index contributed by atoms with van der Waals surface area (Å²) in [5.74, 6) is -9.36. The molecule has 2 aromatic rings. The Bertz CT molecular complexity index is 1030. The minimum atomic E-state index is -5.45. The van der Waals surface area contributed by atoms with Crippen molar-refractivity contribution in [3.05, 3.63) is 58.7 Å². The number of hydrogen-bond donors (Lipinski definition) is 0. The first kappa shape index (κ1) is 30.0. The second kappa shape index (κ2) is 12.5. The molecule has 2 aromatic carbocycles. The SMILES string of the molecule is CCCCCC1CCC(CCc2cc(F)c(C(F)(F)Oc3cc(F)c(OC(F)(F)F)c(F)c3)c(F)c2)CC1. The molecule has 0 spiro atoms. The van der Waals surface area contributed by atoms with Crippen LogP contribution in [0.25, 0.3) is 0 Å². The van der Waals surface area contributed by atoms with E-state index in [0.717, 1.165) is 37.8 Å². The molecular weight excluding hydrogens is 527 g/mol. The fraction of sp³-hybridized carbons (Fsp3) is 0.556. The van der Waals surface area contributed by atoms with Crippen LogP contribution < -0.4 is 9.47 Å². The molecule has 0 unspecified atom stereocenters. The average Bonchev–Trinajstić information content (AvgIpc) is 2.79. The third-order valence-corrected chi connectivity index (χ3v) is 6.85. The second-order valence-corrected chi connectivity index (χ2v) is 9.74. The summed E-state index contributed by atoms with van der Waals surface area (Å²) in [6.45, 7) is 2.16. The van der Waals surface area contributed by atoms with Gasteiger partial charge in [-0.3, -0.25) is 0 Å². The predicted molar refractivity (Wildman–Crippen MR) is 122 cm³/mol. The molecule has 0 atom stereocenters. The molecule has 3 rings (SSSR count). The third kappa shape index (κ3) is 8.20. The first-order valence-corrected chi connectivity index (χ1v) is 12.6. The summed E-state index contributed by atoms with van der Waals surface area (Å²) in [5.41, 5.74) is -1.61. The standard InChI is InChI=1S/C27H29F9O2/c1-2-3-4-5-16-6-8-17(9-7-16)10-11-18-12-20(28)24(21(29)13-18)26(32,33)37-19-14-22(30)25(23(31)15-19)38-27(34,35)36/h12-17H,2-11H2,1H3. The maximum absolute atomic E-state index is 14.6. The van der Waals surface area contributed by atoms with Gasteiger partial charge in [0.25, 0.3) is 0 Å². The van der Waals surface area contributed by atoms with Gasteiger partial charge in [-0.2, -0.15) is 8.78 Å². The molecule has 1 aliphatic rings. The molecule has 11 heteroatoms. The molecule has 0 amide bonds. The van der Waals surface area contributed by atoms with Gasteiger partial charge in [0.05, 0.1) is 0 Å². The highest BCUT2D eigenvalue weighted by Crippen LogP contribution is 2.39. The Morgan fingerprint density at radius 1 is 0.711 bits per heavy atom. The fourth-order valence-electron chi connectivity index (χ4n) is 4.92.